The van der Waals surface area contributed by atoms with E-state index in [9.17, 15) is 0 Å². The Morgan fingerprint density at radius 3 is 2.92 bits per heavy atom. The maximum Gasteiger partial charge on any atom is 0.155 e. The van der Waals surface area contributed by atoms with Crippen molar-refractivity contribution in [3.05, 3.63) is 30.4 Å². The molecule has 0 atom stereocenters. The third kappa shape index (κ3) is 3.26. The average Bonchev–Trinajstić information content (AvgIpc) is 3.08. The van der Waals surface area contributed by atoms with Gasteiger partial charge in [0.05, 0.1) is 18.1 Å². The van der Waals surface area contributed by atoms with Gasteiger partial charge in [0.2, 0.25) is 0 Å². The molecule has 0 radical (unpaired) electrons. The van der Waals surface area contributed by atoms with Crippen LogP contribution in [-0.2, 0) is 0 Å². The zero-order valence-electron chi connectivity index (χ0n) is 14.3. The standard InChI is InChI=1S/C17H25N7/c1-19-10-13-4-7-23(8-5-13)17-16-3-6-21-24(16)12-15(22-17)14(9-18)11-20-2/h3,6,9,11-13,19H,4-5,7-8,10,18H2,1-2H3/b14-9+,20-11?. The van der Waals surface area contributed by atoms with Crippen molar-refractivity contribution >= 4 is 23.1 Å². The van der Waals surface area contributed by atoms with E-state index in [2.05, 4.69) is 20.3 Å². The molecule has 0 spiro atoms. The van der Waals surface area contributed by atoms with Crippen molar-refractivity contribution < 1.29 is 0 Å². The number of hydrogen-bond acceptors (Lipinski definition) is 6. The molecule has 128 valence electrons. The fraction of sp³-hybridized carbons (Fsp3) is 0.471. The number of nitrogens with two attached hydrogens (primary N) is 1. The summed E-state index contributed by atoms with van der Waals surface area (Å²) in [5.74, 6) is 1.71. The number of hydrogen-bond donors (Lipinski definition) is 2. The van der Waals surface area contributed by atoms with Crippen LogP contribution in [0.5, 0.6) is 0 Å². The summed E-state index contributed by atoms with van der Waals surface area (Å²) in [6, 6.07) is 2.01. The Morgan fingerprint density at radius 1 is 1.46 bits per heavy atom. The van der Waals surface area contributed by atoms with Gasteiger partial charge in [-0.05, 0) is 38.4 Å². The monoisotopic (exact) mass is 327 g/mol. The van der Waals surface area contributed by atoms with Crippen molar-refractivity contribution in [1.82, 2.24) is 19.9 Å². The van der Waals surface area contributed by atoms with E-state index in [1.807, 2.05) is 23.8 Å². The van der Waals surface area contributed by atoms with E-state index in [-0.39, 0.29) is 0 Å². The molecule has 2 aromatic rings. The van der Waals surface area contributed by atoms with Crippen LogP contribution < -0.4 is 16.0 Å². The number of nitrogens with one attached hydrogen (secondary N) is 1. The first-order valence-corrected chi connectivity index (χ1v) is 8.35. The molecule has 0 saturated carbocycles. The normalized spacial score (nSPS) is 17.2. The molecule has 0 bridgehead atoms. The van der Waals surface area contributed by atoms with E-state index in [1.54, 1.807) is 19.5 Å². The van der Waals surface area contributed by atoms with Gasteiger partial charge in [-0.1, -0.05) is 0 Å². The lowest BCUT2D eigenvalue weighted by Crippen LogP contribution is -2.37. The number of anilines is 1. The maximum absolute atomic E-state index is 5.75. The van der Waals surface area contributed by atoms with Crippen LogP contribution in [0, 0.1) is 5.92 Å². The first-order valence-electron chi connectivity index (χ1n) is 8.35. The van der Waals surface area contributed by atoms with Crippen molar-refractivity contribution in [2.75, 3.05) is 38.6 Å². The summed E-state index contributed by atoms with van der Waals surface area (Å²) in [6.07, 6.45) is 9.30. The summed E-state index contributed by atoms with van der Waals surface area (Å²) in [4.78, 5) is 11.3. The largest absolute Gasteiger partial charge is 0.404 e. The second-order valence-electron chi connectivity index (χ2n) is 6.11. The van der Waals surface area contributed by atoms with E-state index in [0.29, 0.717) is 0 Å². The molecule has 2 aromatic heterocycles. The number of piperidine rings is 1. The molecule has 0 unspecified atom stereocenters. The van der Waals surface area contributed by atoms with E-state index in [4.69, 9.17) is 10.7 Å². The topological polar surface area (TPSA) is 83.8 Å². The highest BCUT2D eigenvalue weighted by molar-refractivity contribution is 6.08. The van der Waals surface area contributed by atoms with E-state index in [1.165, 1.54) is 19.0 Å². The number of aromatic nitrogens is 3. The summed E-state index contributed by atoms with van der Waals surface area (Å²) in [5, 5.41) is 7.66. The lowest BCUT2D eigenvalue weighted by molar-refractivity contribution is 0.392. The molecule has 1 aliphatic heterocycles. The van der Waals surface area contributed by atoms with Crippen LogP contribution in [0.25, 0.3) is 11.1 Å². The predicted octanol–water partition coefficient (Wildman–Crippen LogP) is 1.17. The van der Waals surface area contributed by atoms with Crippen LogP contribution in [0.15, 0.2) is 29.7 Å². The average molecular weight is 327 g/mol. The van der Waals surface area contributed by atoms with Crippen molar-refractivity contribution in [2.45, 2.75) is 12.8 Å². The van der Waals surface area contributed by atoms with Crippen LogP contribution in [0.4, 0.5) is 5.82 Å². The number of fused-ring (bicyclic) bond motifs is 1. The van der Waals surface area contributed by atoms with Gasteiger partial charge < -0.3 is 16.0 Å². The van der Waals surface area contributed by atoms with Gasteiger partial charge >= 0.3 is 0 Å². The third-order valence-corrected chi connectivity index (χ3v) is 4.52. The summed E-state index contributed by atoms with van der Waals surface area (Å²) in [7, 11) is 3.74. The fourth-order valence-corrected chi connectivity index (χ4v) is 3.25. The summed E-state index contributed by atoms with van der Waals surface area (Å²) in [5.41, 5.74) is 8.35. The molecule has 7 nitrogen and oxygen atoms in total. The summed E-state index contributed by atoms with van der Waals surface area (Å²) >= 11 is 0. The highest BCUT2D eigenvalue weighted by Crippen LogP contribution is 2.26. The molecular formula is C17H25N7. The lowest BCUT2D eigenvalue weighted by Gasteiger charge is -2.33. The summed E-state index contributed by atoms with van der Waals surface area (Å²) in [6.45, 7) is 3.09. The number of nitrogens with zero attached hydrogens (tertiary/aromatic N) is 5. The molecule has 3 heterocycles. The number of rotatable bonds is 5. The van der Waals surface area contributed by atoms with Gasteiger partial charge in [-0.3, -0.25) is 4.99 Å². The smallest absolute Gasteiger partial charge is 0.155 e. The van der Waals surface area contributed by atoms with E-state index >= 15 is 0 Å². The lowest BCUT2D eigenvalue weighted by atomic mass is 9.97. The van der Waals surface area contributed by atoms with Gasteiger partial charge in [-0.2, -0.15) is 5.10 Å². The Labute approximate surface area is 142 Å². The molecule has 1 saturated heterocycles. The molecule has 24 heavy (non-hydrogen) atoms. The minimum absolute atomic E-state index is 0.738. The molecule has 1 aliphatic rings. The van der Waals surface area contributed by atoms with Crippen molar-refractivity contribution in [2.24, 2.45) is 16.6 Å². The molecule has 7 heteroatoms. The van der Waals surface area contributed by atoms with Gasteiger partial charge in [0, 0.05) is 38.1 Å². The minimum Gasteiger partial charge on any atom is -0.404 e. The molecule has 1 fully saturated rings. The third-order valence-electron chi connectivity index (χ3n) is 4.52. The molecule has 3 N–H and O–H groups in total. The highest BCUT2D eigenvalue weighted by Gasteiger charge is 2.22. The number of aliphatic imine (C=N–C) groups is 1. The Morgan fingerprint density at radius 2 is 2.25 bits per heavy atom. The molecular weight excluding hydrogens is 302 g/mol. The van der Waals surface area contributed by atoms with Gasteiger partial charge in [-0.15, -0.1) is 0 Å². The van der Waals surface area contributed by atoms with Crippen LogP contribution in [0.3, 0.4) is 0 Å². The van der Waals surface area contributed by atoms with Gasteiger partial charge in [0.25, 0.3) is 0 Å². The maximum atomic E-state index is 5.75. The van der Waals surface area contributed by atoms with Gasteiger partial charge in [0.15, 0.2) is 5.82 Å². The Balaban J connectivity index is 1.94. The van der Waals surface area contributed by atoms with E-state index < -0.39 is 0 Å². The van der Waals surface area contributed by atoms with E-state index in [0.717, 1.165) is 48.2 Å². The van der Waals surface area contributed by atoms with Gasteiger partial charge in [-0.25, -0.2) is 9.50 Å². The molecule has 0 aromatic carbocycles. The Bertz CT molecular complexity index is 738. The van der Waals surface area contributed by atoms with Crippen LogP contribution in [0.2, 0.25) is 0 Å². The van der Waals surface area contributed by atoms with Crippen LogP contribution >= 0.6 is 0 Å². The zero-order valence-corrected chi connectivity index (χ0v) is 14.3. The van der Waals surface area contributed by atoms with Crippen molar-refractivity contribution in [3.8, 4) is 0 Å². The molecule has 0 amide bonds. The second kappa shape index (κ2) is 7.44. The fourth-order valence-electron chi connectivity index (χ4n) is 3.25. The predicted molar refractivity (Wildman–Crippen MR) is 98.4 cm³/mol. The molecule has 3 rings (SSSR count). The van der Waals surface area contributed by atoms with Crippen molar-refractivity contribution in [1.29, 1.82) is 0 Å². The van der Waals surface area contributed by atoms with Crippen LogP contribution in [-0.4, -0.2) is 54.5 Å². The first-order chi connectivity index (χ1) is 11.8. The second-order valence-corrected chi connectivity index (χ2v) is 6.11. The van der Waals surface area contributed by atoms with Crippen LogP contribution in [0.1, 0.15) is 18.5 Å². The number of allylic oxidation sites excluding steroid dienone is 1. The van der Waals surface area contributed by atoms with Gasteiger partial charge in [0.1, 0.15) is 5.52 Å². The first kappa shape index (κ1) is 16.4. The minimum atomic E-state index is 0.738. The SMILES string of the molecule is CN=C/C(=C\N)c1cn2nccc2c(N2CCC(CNC)CC2)n1. The quantitative estimate of drug-likeness (QED) is 0.805. The Kier molecular flexibility index (Phi) is 5.10. The molecule has 0 aliphatic carbocycles. The zero-order chi connectivity index (χ0) is 16.9. The highest BCUT2D eigenvalue weighted by atomic mass is 15.3. The Hall–Kier alpha value is -2.41. The summed E-state index contributed by atoms with van der Waals surface area (Å²) < 4.78 is 1.87. The van der Waals surface area contributed by atoms with Crippen molar-refractivity contribution in [3.63, 3.8) is 0 Å².